The second-order valence-electron chi connectivity index (χ2n) is 5.60. The molecule has 2 aromatic heterocycles. The van der Waals surface area contributed by atoms with Crippen molar-refractivity contribution < 1.29 is 9.21 Å². The second-order valence-corrected chi connectivity index (χ2v) is 5.97. The monoisotopic (exact) mass is 321 g/mol. The lowest BCUT2D eigenvalue weighted by molar-refractivity contribution is -0.123. The molecular weight excluding hydrogens is 302 g/mol. The summed E-state index contributed by atoms with van der Waals surface area (Å²) in [6, 6.07) is 3.67. The topological polar surface area (TPSA) is 82.2 Å². The molecular formula is C14H19N5O2S. The zero-order chi connectivity index (χ0) is 15.7. The molecule has 22 heavy (non-hydrogen) atoms. The van der Waals surface area contributed by atoms with Crippen molar-refractivity contribution in [1.29, 1.82) is 0 Å². The van der Waals surface area contributed by atoms with Crippen molar-refractivity contribution >= 4 is 18.1 Å². The maximum Gasteiger partial charge on any atom is 0.221 e. The number of likely N-dealkylation sites (tertiary alicyclic amines) is 1. The smallest absolute Gasteiger partial charge is 0.221 e. The zero-order valence-electron chi connectivity index (χ0n) is 12.4. The molecule has 1 aliphatic heterocycles. The van der Waals surface area contributed by atoms with Gasteiger partial charge in [0.05, 0.1) is 18.8 Å². The summed E-state index contributed by atoms with van der Waals surface area (Å²) in [5, 5.41) is 4.54. The van der Waals surface area contributed by atoms with Crippen LogP contribution in [0, 0.1) is 10.7 Å². The molecule has 2 N–H and O–H groups in total. The predicted molar refractivity (Wildman–Crippen MR) is 83.2 cm³/mol. The Balaban J connectivity index is 1.80. The van der Waals surface area contributed by atoms with Gasteiger partial charge in [-0.05, 0) is 43.7 Å². The molecule has 1 aliphatic rings. The fourth-order valence-electron chi connectivity index (χ4n) is 2.81. The van der Waals surface area contributed by atoms with Crippen molar-refractivity contribution in [1.82, 2.24) is 19.2 Å². The van der Waals surface area contributed by atoms with Gasteiger partial charge in [-0.25, -0.2) is 4.68 Å². The zero-order valence-corrected chi connectivity index (χ0v) is 13.3. The van der Waals surface area contributed by atoms with E-state index in [-0.39, 0.29) is 11.8 Å². The summed E-state index contributed by atoms with van der Waals surface area (Å²) >= 11 is 5.44. The molecule has 0 radical (unpaired) electrons. The molecule has 3 heterocycles. The van der Waals surface area contributed by atoms with E-state index >= 15 is 0 Å². The molecule has 1 fully saturated rings. The Labute approximate surface area is 133 Å². The standard InChI is InChI=1S/C14H19N5O2S/c1-17-13(11-5-3-7-21-11)16-19(14(17)22)9-18-6-2-4-10(8-18)12(15)20/h3,5,7,10H,2,4,6,8-9H2,1H3,(H2,15,20)/t10-/m0/s1. The van der Waals surface area contributed by atoms with Gasteiger partial charge in [-0.3, -0.25) is 9.69 Å². The van der Waals surface area contributed by atoms with E-state index in [1.807, 2.05) is 23.7 Å². The van der Waals surface area contributed by atoms with Crippen LogP contribution in [0.15, 0.2) is 22.8 Å². The molecule has 0 spiro atoms. The van der Waals surface area contributed by atoms with E-state index in [9.17, 15) is 4.79 Å². The van der Waals surface area contributed by atoms with Gasteiger partial charge >= 0.3 is 0 Å². The molecule has 1 atom stereocenters. The predicted octanol–water partition coefficient (Wildman–Crippen LogP) is 1.37. The third-order valence-electron chi connectivity index (χ3n) is 4.02. The molecule has 118 valence electrons. The number of furan rings is 1. The first-order valence-electron chi connectivity index (χ1n) is 7.25. The number of piperidine rings is 1. The molecule has 0 bridgehead atoms. The Morgan fingerprint density at radius 3 is 3.09 bits per heavy atom. The number of nitrogens with zero attached hydrogens (tertiary/aromatic N) is 4. The average molecular weight is 321 g/mol. The van der Waals surface area contributed by atoms with Gasteiger partial charge in [-0.15, -0.1) is 5.10 Å². The lowest BCUT2D eigenvalue weighted by Gasteiger charge is -2.30. The minimum absolute atomic E-state index is 0.0869. The summed E-state index contributed by atoms with van der Waals surface area (Å²) in [5.41, 5.74) is 5.42. The van der Waals surface area contributed by atoms with Gasteiger partial charge < -0.3 is 14.7 Å². The van der Waals surface area contributed by atoms with E-state index in [2.05, 4.69) is 10.00 Å². The first-order valence-corrected chi connectivity index (χ1v) is 7.66. The molecule has 3 rings (SSSR count). The maximum atomic E-state index is 11.4. The Morgan fingerprint density at radius 2 is 2.41 bits per heavy atom. The summed E-state index contributed by atoms with van der Waals surface area (Å²) in [6.07, 6.45) is 3.43. The summed E-state index contributed by atoms with van der Waals surface area (Å²) in [6.45, 7) is 2.12. The van der Waals surface area contributed by atoms with Crippen LogP contribution >= 0.6 is 12.2 Å². The van der Waals surface area contributed by atoms with E-state index in [1.165, 1.54) is 0 Å². The summed E-state index contributed by atoms with van der Waals surface area (Å²) in [4.78, 5) is 13.5. The summed E-state index contributed by atoms with van der Waals surface area (Å²) < 4.78 is 9.59. The normalized spacial score (nSPS) is 19.4. The third kappa shape index (κ3) is 2.84. The molecule has 1 amide bonds. The molecule has 2 aromatic rings. The van der Waals surface area contributed by atoms with Crippen molar-refractivity contribution in [3.05, 3.63) is 23.2 Å². The largest absolute Gasteiger partial charge is 0.461 e. The number of aromatic nitrogens is 3. The number of primary amides is 1. The Bertz CT molecular complexity index is 718. The molecule has 7 nitrogen and oxygen atoms in total. The van der Waals surface area contributed by atoms with E-state index in [1.54, 1.807) is 10.9 Å². The van der Waals surface area contributed by atoms with E-state index < -0.39 is 0 Å². The molecule has 0 unspecified atom stereocenters. The number of amides is 1. The number of nitrogens with two attached hydrogens (primary N) is 1. The molecule has 8 heteroatoms. The van der Waals surface area contributed by atoms with Crippen molar-refractivity contribution in [3.8, 4) is 11.6 Å². The van der Waals surface area contributed by atoms with Crippen LogP contribution in [-0.2, 0) is 18.5 Å². The van der Waals surface area contributed by atoms with Crippen LogP contribution in [0.4, 0.5) is 0 Å². The van der Waals surface area contributed by atoms with Crippen molar-refractivity contribution in [3.63, 3.8) is 0 Å². The number of carbonyl (C=O) groups excluding carboxylic acids is 1. The van der Waals surface area contributed by atoms with Crippen LogP contribution in [0.2, 0.25) is 0 Å². The lowest BCUT2D eigenvalue weighted by atomic mass is 9.98. The molecule has 0 aliphatic carbocycles. The number of carbonyl (C=O) groups is 1. The maximum absolute atomic E-state index is 11.4. The third-order valence-corrected chi connectivity index (χ3v) is 4.51. The Kier molecular flexibility index (Phi) is 4.12. The highest BCUT2D eigenvalue weighted by atomic mass is 32.1. The van der Waals surface area contributed by atoms with Crippen LogP contribution in [0.5, 0.6) is 0 Å². The van der Waals surface area contributed by atoms with Gasteiger partial charge in [0, 0.05) is 13.6 Å². The minimum Gasteiger partial charge on any atom is -0.461 e. The fourth-order valence-corrected chi connectivity index (χ4v) is 2.99. The molecule has 1 saturated heterocycles. The number of hydrogen-bond acceptors (Lipinski definition) is 5. The Hall–Kier alpha value is -1.93. The van der Waals surface area contributed by atoms with Crippen LogP contribution in [0.3, 0.4) is 0 Å². The minimum atomic E-state index is -0.231. The van der Waals surface area contributed by atoms with E-state index in [0.29, 0.717) is 29.6 Å². The lowest BCUT2D eigenvalue weighted by Crippen LogP contribution is -2.42. The van der Waals surface area contributed by atoms with Crippen LogP contribution < -0.4 is 5.73 Å². The van der Waals surface area contributed by atoms with Crippen LogP contribution in [0.1, 0.15) is 12.8 Å². The van der Waals surface area contributed by atoms with Gasteiger partial charge in [-0.2, -0.15) is 0 Å². The van der Waals surface area contributed by atoms with Crippen LogP contribution in [0.25, 0.3) is 11.6 Å². The Morgan fingerprint density at radius 1 is 1.59 bits per heavy atom. The van der Waals surface area contributed by atoms with Crippen molar-refractivity contribution in [2.45, 2.75) is 19.5 Å². The fraction of sp³-hybridized carbons (Fsp3) is 0.500. The van der Waals surface area contributed by atoms with E-state index in [4.69, 9.17) is 22.4 Å². The average Bonchev–Trinajstić information content (AvgIpc) is 3.12. The first kappa shape index (κ1) is 15.0. The van der Waals surface area contributed by atoms with E-state index in [0.717, 1.165) is 19.4 Å². The quantitative estimate of drug-likeness (QED) is 0.860. The number of hydrogen-bond donors (Lipinski definition) is 1. The highest BCUT2D eigenvalue weighted by molar-refractivity contribution is 7.71. The van der Waals surface area contributed by atoms with Crippen LogP contribution in [-0.4, -0.2) is 38.2 Å². The van der Waals surface area contributed by atoms with Crippen molar-refractivity contribution in [2.75, 3.05) is 13.1 Å². The summed E-state index contributed by atoms with van der Waals surface area (Å²) in [5.74, 6) is 1.06. The van der Waals surface area contributed by atoms with Crippen molar-refractivity contribution in [2.24, 2.45) is 18.7 Å². The molecule has 0 saturated carbocycles. The van der Waals surface area contributed by atoms with Gasteiger partial charge in [0.2, 0.25) is 5.91 Å². The van der Waals surface area contributed by atoms with Gasteiger partial charge in [-0.1, -0.05) is 0 Å². The SMILES string of the molecule is Cn1c(-c2ccco2)nn(CN2CCC[C@H](C(N)=O)C2)c1=S. The van der Waals surface area contributed by atoms with Gasteiger partial charge in [0.15, 0.2) is 16.4 Å². The molecule has 0 aromatic carbocycles. The highest BCUT2D eigenvalue weighted by Gasteiger charge is 2.24. The highest BCUT2D eigenvalue weighted by Crippen LogP contribution is 2.20. The van der Waals surface area contributed by atoms with Gasteiger partial charge in [0.1, 0.15) is 0 Å². The number of rotatable bonds is 4. The van der Waals surface area contributed by atoms with Gasteiger partial charge in [0.25, 0.3) is 0 Å². The first-order chi connectivity index (χ1) is 10.6. The second kappa shape index (κ2) is 6.05. The summed E-state index contributed by atoms with van der Waals surface area (Å²) in [7, 11) is 1.87.